The molecule has 3 atom stereocenters. The highest BCUT2D eigenvalue weighted by atomic mass is 16.3. The molecule has 1 fully saturated rings. The molecule has 1 aromatic rings. The molecule has 1 saturated carbocycles. The molecule has 0 aliphatic heterocycles. The van der Waals surface area contributed by atoms with Crippen LogP contribution in [0.2, 0.25) is 0 Å². The Balaban J connectivity index is 2.15. The lowest BCUT2D eigenvalue weighted by atomic mass is 9.73. The third-order valence-electron chi connectivity index (χ3n) is 4.48. The van der Waals surface area contributed by atoms with Crippen LogP contribution in [0.1, 0.15) is 63.8 Å². The lowest BCUT2D eigenvalue weighted by Gasteiger charge is -2.36. The van der Waals surface area contributed by atoms with E-state index in [0.717, 1.165) is 24.3 Å². The highest BCUT2D eigenvalue weighted by Gasteiger charge is 2.32. The first-order valence-corrected chi connectivity index (χ1v) is 7.89. The van der Waals surface area contributed by atoms with Gasteiger partial charge in [-0.2, -0.15) is 0 Å². The van der Waals surface area contributed by atoms with Gasteiger partial charge < -0.3 is 9.73 Å². The summed E-state index contributed by atoms with van der Waals surface area (Å²) in [5, 5.41) is 3.73. The van der Waals surface area contributed by atoms with Gasteiger partial charge in [-0.15, -0.1) is 0 Å². The monoisotopic (exact) mass is 263 g/mol. The second-order valence-corrected chi connectivity index (χ2v) is 6.58. The SMILES string of the molecule is CCCNC(c1occc1C)C1CC(C)CC(C)C1. The van der Waals surface area contributed by atoms with Crippen molar-refractivity contribution in [2.24, 2.45) is 17.8 Å². The fourth-order valence-electron chi connectivity index (χ4n) is 3.76. The molecule has 0 saturated heterocycles. The van der Waals surface area contributed by atoms with Crippen LogP contribution in [-0.2, 0) is 0 Å². The molecule has 2 nitrogen and oxygen atoms in total. The Hall–Kier alpha value is -0.760. The summed E-state index contributed by atoms with van der Waals surface area (Å²) in [6.07, 6.45) is 7.04. The molecular formula is C17H29NO. The van der Waals surface area contributed by atoms with Crippen molar-refractivity contribution in [1.29, 1.82) is 0 Å². The minimum atomic E-state index is 0.403. The molecule has 1 aromatic heterocycles. The van der Waals surface area contributed by atoms with E-state index in [-0.39, 0.29) is 0 Å². The second kappa shape index (κ2) is 6.60. The number of aryl methyl sites for hydroxylation is 1. The van der Waals surface area contributed by atoms with Crippen molar-refractivity contribution in [3.05, 3.63) is 23.7 Å². The Morgan fingerprint density at radius 3 is 2.47 bits per heavy atom. The molecule has 1 heterocycles. The van der Waals surface area contributed by atoms with E-state index in [0.29, 0.717) is 6.04 Å². The van der Waals surface area contributed by atoms with E-state index < -0.39 is 0 Å². The molecule has 0 aromatic carbocycles. The quantitative estimate of drug-likeness (QED) is 0.833. The molecule has 2 rings (SSSR count). The Bertz CT molecular complexity index is 374. The van der Waals surface area contributed by atoms with Gasteiger partial charge in [-0.1, -0.05) is 20.8 Å². The van der Waals surface area contributed by atoms with Gasteiger partial charge in [0.1, 0.15) is 5.76 Å². The van der Waals surface area contributed by atoms with Crippen LogP contribution in [0.25, 0.3) is 0 Å². The Kier molecular flexibility index (Phi) is 5.09. The molecule has 1 aliphatic carbocycles. The zero-order valence-electron chi connectivity index (χ0n) is 12.9. The summed E-state index contributed by atoms with van der Waals surface area (Å²) >= 11 is 0. The van der Waals surface area contributed by atoms with E-state index in [2.05, 4.69) is 39.1 Å². The molecule has 1 N–H and O–H groups in total. The van der Waals surface area contributed by atoms with Crippen LogP contribution in [0, 0.1) is 24.7 Å². The van der Waals surface area contributed by atoms with Gasteiger partial charge in [-0.05, 0) is 68.5 Å². The number of rotatable bonds is 5. The number of nitrogens with one attached hydrogen (secondary N) is 1. The summed E-state index contributed by atoms with van der Waals surface area (Å²) in [5.74, 6) is 3.57. The van der Waals surface area contributed by atoms with E-state index >= 15 is 0 Å². The first kappa shape index (κ1) is 14.6. The van der Waals surface area contributed by atoms with Gasteiger partial charge >= 0.3 is 0 Å². The van der Waals surface area contributed by atoms with Crippen LogP contribution in [0.4, 0.5) is 0 Å². The van der Waals surface area contributed by atoms with Gasteiger partial charge in [0, 0.05) is 0 Å². The predicted octanol–water partition coefficient (Wildman–Crippen LogP) is 4.70. The molecule has 0 bridgehead atoms. The molecule has 0 radical (unpaired) electrons. The first-order chi connectivity index (χ1) is 9.11. The molecule has 0 spiro atoms. The van der Waals surface area contributed by atoms with Crippen molar-refractivity contribution in [2.45, 2.75) is 59.4 Å². The van der Waals surface area contributed by atoms with Gasteiger partial charge in [0.15, 0.2) is 0 Å². The van der Waals surface area contributed by atoms with Crippen molar-refractivity contribution in [1.82, 2.24) is 5.32 Å². The van der Waals surface area contributed by atoms with Crippen LogP contribution in [0.15, 0.2) is 16.7 Å². The third kappa shape index (κ3) is 3.62. The van der Waals surface area contributed by atoms with Crippen molar-refractivity contribution in [2.75, 3.05) is 6.54 Å². The number of hydrogen-bond acceptors (Lipinski definition) is 2. The molecular weight excluding hydrogens is 234 g/mol. The predicted molar refractivity (Wildman–Crippen MR) is 80.1 cm³/mol. The van der Waals surface area contributed by atoms with Crippen LogP contribution in [0.5, 0.6) is 0 Å². The standard InChI is InChI=1S/C17H29NO/c1-5-7-18-16(17-14(4)6-8-19-17)15-10-12(2)9-13(3)11-15/h6,8,12-13,15-16,18H,5,7,9-11H2,1-4H3. The van der Waals surface area contributed by atoms with Gasteiger partial charge in [0.05, 0.1) is 12.3 Å². The lowest BCUT2D eigenvalue weighted by molar-refractivity contribution is 0.164. The van der Waals surface area contributed by atoms with Crippen LogP contribution < -0.4 is 5.32 Å². The molecule has 19 heavy (non-hydrogen) atoms. The normalized spacial score (nSPS) is 29.4. The molecule has 1 aliphatic rings. The minimum absolute atomic E-state index is 0.403. The van der Waals surface area contributed by atoms with Crippen molar-refractivity contribution in [3.63, 3.8) is 0 Å². The Morgan fingerprint density at radius 1 is 1.26 bits per heavy atom. The fourth-order valence-corrected chi connectivity index (χ4v) is 3.76. The average molecular weight is 263 g/mol. The molecule has 2 heteroatoms. The smallest absolute Gasteiger partial charge is 0.123 e. The zero-order chi connectivity index (χ0) is 13.8. The van der Waals surface area contributed by atoms with Crippen molar-refractivity contribution < 1.29 is 4.42 Å². The largest absolute Gasteiger partial charge is 0.467 e. The summed E-state index contributed by atoms with van der Waals surface area (Å²) in [7, 11) is 0. The van der Waals surface area contributed by atoms with Crippen LogP contribution in [-0.4, -0.2) is 6.54 Å². The maximum Gasteiger partial charge on any atom is 0.123 e. The van der Waals surface area contributed by atoms with E-state index in [1.807, 2.05) is 6.26 Å². The van der Waals surface area contributed by atoms with Gasteiger partial charge in [0.25, 0.3) is 0 Å². The summed E-state index contributed by atoms with van der Waals surface area (Å²) in [6, 6.07) is 2.49. The molecule has 0 amide bonds. The van der Waals surface area contributed by atoms with Crippen molar-refractivity contribution >= 4 is 0 Å². The summed E-state index contributed by atoms with van der Waals surface area (Å²) < 4.78 is 5.78. The summed E-state index contributed by atoms with van der Waals surface area (Å²) in [6.45, 7) is 10.3. The highest BCUT2D eigenvalue weighted by molar-refractivity contribution is 5.19. The maximum absolute atomic E-state index is 5.78. The number of furan rings is 1. The maximum atomic E-state index is 5.78. The van der Waals surface area contributed by atoms with Crippen LogP contribution >= 0.6 is 0 Å². The first-order valence-electron chi connectivity index (χ1n) is 7.89. The minimum Gasteiger partial charge on any atom is -0.467 e. The van der Waals surface area contributed by atoms with E-state index in [1.165, 1.54) is 37.0 Å². The zero-order valence-corrected chi connectivity index (χ0v) is 12.9. The second-order valence-electron chi connectivity index (χ2n) is 6.58. The summed E-state index contributed by atoms with van der Waals surface area (Å²) in [4.78, 5) is 0. The van der Waals surface area contributed by atoms with Crippen LogP contribution in [0.3, 0.4) is 0 Å². The molecule has 108 valence electrons. The van der Waals surface area contributed by atoms with E-state index in [4.69, 9.17) is 4.42 Å². The summed E-state index contributed by atoms with van der Waals surface area (Å²) in [5.41, 5.74) is 1.29. The average Bonchev–Trinajstić information content (AvgIpc) is 2.75. The highest BCUT2D eigenvalue weighted by Crippen LogP contribution is 2.40. The van der Waals surface area contributed by atoms with Gasteiger partial charge in [-0.3, -0.25) is 0 Å². The van der Waals surface area contributed by atoms with E-state index in [9.17, 15) is 0 Å². The topological polar surface area (TPSA) is 25.2 Å². The van der Waals surface area contributed by atoms with Gasteiger partial charge in [-0.25, -0.2) is 0 Å². The lowest BCUT2D eigenvalue weighted by Crippen LogP contribution is -2.33. The fraction of sp³-hybridized carbons (Fsp3) is 0.765. The third-order valence-corrected chi connectivity index (χ3v) is 4.48. The molecule has 3 unspecified atom stereocenters. The van der Waals surface area contributed by atoms with Gasteiger partial charge in [0.2, 0.25) is 0 Å². The number of hydrogen-bond donors (Lipinski definition) is 1. The Morgan fingerprint density at radius 2 is 1.95 bits per heavy atom. The van der Waals surface area contributed by atoms with E-state index in [1.54, 1.807) is 0 Å². The van der Waals surface area contributed by atoms with Crippen molar-refractivity contribution in [3.8, 4) is 0 Å². The Labute approximate surface area is 118 Å².